The third-order valence-corrected chi connectivity index (χ3v) is 4.41. The highest BCUT2D eigenvalue weighted by Crippen LogP contribution is 2.35. The van der Waals surface area contributed by atoms with E-state index in [-0.39, 0.29) is 17.4 Å². The highest BCUT2D eigenvalue weighted by molar-refractivity contribution is 5.96. The summed E-state index contributed by atoms with van der Waals surface area (Å²) in [4.78, 5) is 29.8. The third kappa shape index (κ3) is 3.69. The fourth-order valence-electron chi connectivity index (χ4n) is 3.01. The number of nitrogens with one attached hydrogen (secondary N) is 3. The summed E-state index contributed by atoms with van der Waals surface area (Å²) in [5.41, 5.74) is 1.18. The predicted molar refractivity (Wildman–Crippen MR) is 110 cm³/mol. The molecule has 11 nitrogen and oxygen atoms in total. The van der Waals surface area contributed by atoms with Crippen molar-refractivity contribution < 1.29 is 18.8 Å². The van der Waals surface area contributed by atoms with Crippen molar-refractivity contribution in [1.82, 2.24) is 20.2 Å². The maximum absolute atomic E-state index is 13.9. The lowest BCUT2D eigenvalue weighted by Gasteiger charge is -2.12. The molecular weight excluding hydrogens is 409 g/mol. The summed E-state index contributed by atoms with van der Waals surface area (Å²) in [6.07, 6.45) is 1.84. The number of carbonyl (C=O) groups is 1. The van der Waals surface area contributed by atoms with Gasteiger partial charge in [0.05, 0.1) is 35.1 Å². The summed E-state index contributed by atoms with van der Waals surface area (Å²) in [6, 6.07) is 9.22. The van der Waals surface area contributed by atoms with E-state index < -0.39 is 16.4 Å². The van der Waals surface area contributed by atoms with Gasteiger partial charge < -0.3 is 15.4 Å². The number of hydrogen-bond donors (Lipinski definition) is 3. The van der Waals surface area contributed by atoms with Crippen LogP contribution in [-0.2, 0) is 4.79 Å². The second-order valence-electron chi connectivity index (χ2n) is 6.22. The monoisotopic (exact) mass is 423 g/mol. The van der Waals surface area contributed by atoms with Crippen LogP contribution in [-0.4, -0.2) is 38.6 Å². The minimum absolute atomic E-state index is 0.0218. The first-order chi connectivity index (χ1) is 15.0. The van der Waals surface area contributed by atoms with Crippen LogP contribution in [0.1, 0.15) is 0 Å². The Hall–Kier alpha value is -4.61. The molecule has 0 radical (unpaired) electrons. The van der Waals surface area contributed by atoms with Gasteiger partial charge in [-0.05, 0) is 6.07 Å². The number of aromatic amines is 1. The number of amides is 1. The smallest absolute Gasteiger partial charge is 0.307 e. The van der Waals surface area contributed by atoms with Gasteiger partial charge in [0.15, 0.2) is 0 Å². The molecule has 2 aromatic heterocycles. The maximum Gasteiger partial charge on any atom is 0.307 e. The highest BCUT2D eigenvalue weighted by atomic mass is 19.1. The lowest BCUT2D eigenvalue weighted by atomic mass is 10.1. The van der Waals surface area contributed by atoms with E-state index in [1.54, 1.807) is 0 Å². The van der Waals surface area contributed by atoms with Gasteiger partial charge >= 0.3 is 5.69 Å². The van der Waals surface area contributed by atoms with Gasteiger partial charge in [-0.2, -0.15) is 9.49 Å². The molecule has 2 aromatic carbocycles. The summed E-state index contributed by atoms with van der Waals surface area (Å²) < 4.78 is 19.0. The number of hydrogen-bond acceptors (Lipinski definition) is 8. The molecule has 0 bridgehead atoms. The van der Waals surface area contributed by atoms with Gasteiger partial charge in [0.1, 0.15) is 17.1 Å². The van der Waals surface area contributed by atoms with Crippen LogP contribution in [0.25, 0.3) is 22.3 Å². The number of aromatic nitrogens is 4. The van der Waals surface area contributed by atoms with Crippen molar-refractivity contribution >= 4 is 40.3 Å². The Morgan fingerprint density at radius 3 is 2.77 bits per heavy atom. The van der Waals surface area contributed by atoms with Crippen molar-refractivity contribution in [3.63, 3.8) is 0 Å². The van der Waals surface area contributed by atoms with E-state index in [2.05, 4.69) is 30.8 Å². The molecule has 1 amide bonds. The summed E-state index contributed by atoms with van der Waals surface area (Å²) in [5.74, 6) is -0.992. The number of ether oxygens (including phenoxy) is 1. The highest BCUT2D eigenvalue weighted by Gasteiger charge is 2.21. The number of nitro groups is 1. The fraction of sp³-hybridized carbons (Fsp3) is 0.0526. The topological polar surface area (TPSA) is 148 Å². The Morgan fingerprint density at radius 1 is 1.23 bits per heavy atom. The van der Waals surface area contributed by atoms with Gasteiger partial charge in [0, 0.05) is 17.5 Å². The Labute approximate surface area is 173 Å². The number of nitrogens with zero attached hydrogens (tertiary/aromatic N) is 4. The molecule has 0 aliphatic rings. The van der Waals surface area contributed by atoms with Crippen molar-refractivity contribution in [3.05, 3.63) is 58.5 Å². The molecule has 0 saturated carbocycles. The largest absolute Gasteiger partial charge is 0.494 e. The van der Waals surface area contributed by atoms with Gasteiger partial charge in [-0.25, -0.2) is 9.97 Å². The molecule has 0 atom stereocenters. The number of methoxy groups -OCH3 is 1. The Balaban J connectivity index is 1.81. The fourth-order valence-corrected chi connectivity index (χ4v) is 3.01. The van der Waals surface area contributed by atoms with Crippen LogP contribution < -0.4 is 15.4 Å². The van der Waals surface area contributed by atoms with Crippen LogP contribution in [0.15, 0.2) is 42.6 Å². The minimum Gasteiger partial charge on any atom is -0.494 e. The number of fused-ring (bicyclic) bond motifs is 1. The molecule has 4 aromatic rings. The van der Waals surface area contributed by atoms with E-state index in [4.69, 9.17) is 4.74 Å². The molecule has 0 fully saturated rings. The van der Waals surface area contributed by atoms with E-state index in [1.165, 1.54) is 13.3 Å². The van der Waals surface area contributed by atoms with Crippen molar-refractivity contribution in [1.29, 1.82) is 0 Å². The summed E-state index contributed by atoms with van der Waals surface area (Å²) in [5, 5.41) is 24.3. The Kier molecular flexibility index (Phi) is 5.10. The van der Waals surface area contributed by atoms with E-state index in [0.29, 0.717) is 23.5 Å². The number of anilines is 3. The van der Waals surface area contributed by atoms with Crippen LogP contribution in [0.4, 0.5) is 27.4 Å². The standard InChI is InChI=1S/C19H14FN7O4/c1-31-16-6-11(20)15(27(29)30)7-13(16)23-19-21-8-14(22-9-28)18(24-19)17-10-4-2-3-5-12(10)25-26-17/h2-9H,1H3,(H,22,28)(H,25,26)(H,21,23,24). The van der Waals surface area contributed by atoms with Crippen LogP contribution in [0, 0.1) is 15.9 Å². The zero-order valence-electron chi connectivity index (χ0n) is 15.9. The molecule has 31 heavy (non-hydrogen) atoms. The summed E-state index contributed by atoms with van der Waals surface area (Å²) >= 11 is 0. The average Bonchev–Trinajstić information content (AvgIpc) is 3.19. The maximum atomic E-state index is 13.9. The number of rotatable bonds is 7. The van der Waals surface area contributed by atoms with Gasteiger partial charge in [0.25, 0.3) is 0 Å². The summed E-state index contributed by atoms with van der Waals surface area (Å²) in [7, 11) is 1.30. The second kappa shape index (κ2) is 8.02. The van der Waals surface area contributed by atoms with Crippen molar-refractivity contribution in [3.8, 4) is 17.1 Å². The molecule has 3 N–H and O–H groups in total. The van der Waals surface area contributed by atoms with Gasteiger partial charge in [-0.3, -0.25) is 20.0 Å². The predicted octanol–water partition coefficient (Wildman–Crippen LogP) is 3.39. The lowest BCUT2D eigenvalue weighted by molar-refractivity contribution is -0.387. The van der Waals surface area contributed by atoms with Crippen molar-refractivity contribution in [2.24, 2.45) is 0 Å². The lowest BCUT2D eigenvalue weighted by Crippen LogP contribution is -2.05. The van der Waals surface area contributed by atoms with Gasteiger partial charge in [-0.1, -0.05) is 18.2 Å². The number of para-hydroxylation sites is 1. The molecule has 0 unspecified atom stereocenters. The molecule has 12 heteroatoms. The molecule has 4 rings (SSSR count). The van der Waals surface area contributed by atoms with Crippen LogP contribution >= 0.6 is 0 Å². The van der Waals surface area contributed by atoms with E-state index >= 15 is 0 Å². The number of halogens is 1. The first-order valence-electron chi connectivity index (χ1n) is 8.81. The van der Waals surface area contributed by atoms with Crippen molar-refractivity contribution in [2.45, 2.75) is 0 Å². The summed E-state index contributed by atoms with van der Waals surface area (Å²) in [6.45, 7) is 0. The normalized spacial score (nSPS) is 10.6. The first kappa shape index (κ1) is 19.7. The Bertz CT molecular complexity index is 1310. The molecule has 2 heterocycles. The molecule has 156 valence electrons. The number of nitro benzene ring substituents is 1. The molecule has 0 spiro atoms. The van der Waals surface area contributed by atoms with E-state index in [1.807, 2.05) is 24.3 Å². The van der Waals surface area contributed by atoms with Crippen LogP contribution in [0.3, 0.4) is 0 Å². The quantitative estimate of drug-likeness (QED) is 0.233. The average molecular weight is 423 g/mol. The first-order valence-corrected chi connectivity index (χ1v) is 8.81. The zero-order valence-corrected chi connectivity index (χ0v) is 15.9. The van der Waals surface area contributed by atoms with Crippen LogP contribution in [0.2, 0.25) is 0 Å². The van der Waals surface area contributed by atoms with Gasteiger partial charge in [-0.15, -0.1) is 0 Å². The molecule has 0 saturated heterocycles. The van der Waals surface area contributed by atoms with E-state index in [9.17, 15) is 19.3 Å². The van der Waals surface area contributed by atoms with E-state index in [0.717, 1.165) is 23.0 Å². The Morgan fingerprint density at radius 2 is 2.03 bits per heavy atom. The minimum atomic E-state index is -1.04. The number of benzene rings is 2. The molecular formula is C19H14FN7O4. The zero-order chi connectivity index (χ0) is 22.0. The van der Waals surface area contributed by atoms with Crippen LogP contribution in [0.5, 0.6) is 5.75 Å². The van der Waals surface area contributed by atoms with Crippen molar-refractivity contribution in [2.75, 3.05) is 17.7 Å². The SMILES string of the molecule is COc1cc(F)c([N+](=O)[O-])cc1Nc1ncc(NC=O)c(-c2n[nH]c3ccccc23)n1. The molecule has 0 aliphatic carbocycles. The molecule has 0 aliphatic heterocycles. The second-order valence-corrected chi connectivity index (χ2v) is 6.22. The van der Waals surface area contributed by atoms with Gasteiger partial charge in [0.2, 0.25) is 18.2 Å². The third-order valence-electron chi connectivity index (χ3n) is 4.41. The number of H-pyrrole nitrogens is 1. The number of carbonyl (C=O) groups excluding carboxylic acids is 1.